The largest absolute Gasteiger partial charge is 0.481 e. The first-order valence-electron chi connectivity index (χ1n) is 6.33. The van der Waals surface area contributed by atoms with E-state index in [-0.39, 0.29) is 11.9 Å². The summed E-state index contributed by atoms with van der Waals surface area (Å²) < 4.78 is 0. The van der Waals surface area contributed by atoms with E-state index >= 15 is 0 Å². The van der Waals surface area contributed by atoms with Crippen LogP contribution in [0.15, 0.2) is 17.5 Å². The molecule has 0 aromatic carbocycles. The van der Waals surface area contributed by atoms with Gasteiger partial charge in [0.1, 0.15) is 0 Å². The van der Waals surface area contributed by atoms with Crippen LogP contribution in [0.4, 0.5) is 4.79 Å². The summed E-state index contributed by atoms with van der Waals surface area (Å²) in [7, 11) is 1.78. The lowest BCUT2D eigenvalue weighted by Crippen LogP contribution is -2.45. The second-order valence-corrected chi connectivity index (χ2v) is 5.85. The maximum atomic E-state index is 12.2. The van der Waals surface area contributed by atoms with Gasteiger partial charge in [0, 0.05) is 25.0 Å². The Morgan fingerprint density at radius 3 is 2.68 bits per heavy atom. The Bertz CT molecular complexity index is 439. The minimum absolute atomic E-state index is 0.0164. The van der Waals surface area contributed by atoms with Crippen LogP contribution in [0.3, 0.4) is 0 Å². The van der Waals surface area contributed by atoms with E-state index in [1.165, 1.54) is 0 Å². The molecule has 6 heteroatoms. The molecule has 1 N–H and O–H groups in total. The number of aliphatic carboxylic acids is 1. The molecule has 1 aliphatic rings. The minimum Gasteiger partial charge on any atom is -0.481 e. The van der Waals surface area contributed by atoms with Crippen LogP contribution >= 0.6 is 11.3 Å². The molecule has 5 nitrogen and oxygen atoms in total. The van der Waals surface area contributed by atoms with Crippen LogP contribution in [-0.4, -0.2) is 47.0 Å². The van der Waals surface area contributed by atoms with Gasteiger partial charge in [0.05, 0.1) is 12.5 Å². The third-order valence-electron chi connectivity index (χ3n) is 3.41. The van der Waals surface area contributed by atoms with E-state index in [1.54, 1.807) is 28.2 Å². The van der Waals surface area contributed by atoms with E-state index < -0.39 is 5.97 Å². The molecule has 1 aliphatic heterocycles. The van der Waals surface area contributed by atoms with Crippen molar-refractivity contribution in [3.63, 3.8) is 0 Å². The molecular formula is C13H18N2O3S. The van der Waals surface area contributed by atoms with E-state index in [0.29, 0.717) is 32.5 Å². The highest BCUT2D eigenvalue weighted by Crippen LogP contribution is 2.19. The summed E-state index contributed by atoms with van der Waals surface area (Å²) in [5.74, 6) is -1.05. The first kappa shape index (κ1) is 13.9. The van der Waals surface area contributed by atoms with Crippen molar-refractivity contribution >= 4 is 23.3 Å². The predicted octanol–water partition coefficient (Wildman–Crippen LogP) is 2.10. The topological polar surface area (TPSA) is 60.9 Å². The number of carbonyl (C=O) groups is 2. The molecule has 0 aliphatic carbocycles. The molecule has 0 saturated carbocycles. The molecule has 1 fully saturated rings. The molecule has 0 unspecified atom stereocenters. The summed E-state index contributed by atoms with van der Waals surface area (Å²) in [4.78, 5) is 27.7. The third-order valence-corrected chi connectivity index (χ3v) is 4.28. The average Bonchev–Trinajstić information content (AvgIpc) is 2.90. The molecule has 2 rings (SSSR count). The van der Waals surface area contributed by atoms with E-state index in [9.17, 15) is 9.59 Å². The number of rotatable bonds is 3. The predicted molar refractivity (Wildman–Crippen MR) is 73.1 cm³/mol. The zero-order valence-corrected chi connectivity index (χ0v) is 11.7. The van der Waals surface area contributed by atoms with Crippen LogP contribution in [0.25, 0.3) is 0 Å². The van der Waals surface area contributed by atoms with Crippen LogP contribution in [0.2, 0.25) is 0 Å². The fourth-order valence-electron chi connectivity index (χ4n) is 2.26. The number of hydrogen-bond donors (Lipinski definition) is 1. The van der Waals surface area contributed by atoms with Gasteiger partial charge in [0.15, 0.2) is 0 Å². The van der Waals surface area contributed by atoms with Gasteiger partial charge in [-0.2, -0.15) is 0 Å². The van der Waals surface area contributed by atoms with Crippen LogP contribution < -0.4 is 0 Å². The Morgan fingerprint density at radius 2 is 2.16 bits per heavy atom. The van der Waals surface area contributed by atoms with Crippen molar-refractivity contribution < 1.29 is 14.7 Å². The summed E-state index contributed by atoms with van der Waals surface area (Å²) in [6.07, 6.45) is 1.10. The minimum atomic E-state index is -0.751. The molecule has 0 spiro atoms. The number of amides is 2. The van der Waals surface area contributed by atoms with Crippen molar-refractivity contribution in [1.82, 2.24) is 9.80 Å². The molecule has 104 valence electrons. The SMILES string of the molecule is CN(Cc1cccs1)C(=O)N1CCC(C(=O)O)CC1. The van der Waals surface area contributed by atoms with Gasteiger partial charge in [0.2, 0.25) is 0 Å². The molecule has 1 aromatic rings. The Hall–Kier alpha value is -1.56. The standard InChI is InChI=1S/C13H18N2O3S/c1-14(9-11-3-2-8-19-11)13(18)15-6-4-10(5-7-15)12(16)17/h2-3,8,10H,4-7,9H2,1H3,(H,16,17). The Morgan fingerprint density at radius 1 is 1.47 bits per heavy atom. The normalized spacial score (nSPS) is 16.4. The number of carboxylic acid groups (broad SMARTS) is 1. The quantitative estimate of drug-likeness (QED) is 0.923. The maximum absolute atomic E-state index is 12.2. The lowest BCUT2D eigenvalue weighted by atomic mass is 9.97. The summed E-state index contributed by atoms with van der Waals surface area (Å²) in [5, 5.41) is 10.9. The van der Waals surface area contributed by atoms with E-state index in [0.717, 1.165) is 4.88 Å². The number of urea groups is 1. The molecule has 0 atom stereocenters. The van der Waals surface area contributed by atoms with Gasteiger partial charge in [0.25, 0.3) is 0 Å². The van der Waals surface area contributed by atoms with Gasteiger partial charge < -0.3 is 14.9 Å². The summed E-state index contributed by atoms with van der Waals surface area (Å²) in [6, 6.07) is 3.96. The molecule has 0 bridgehead atoms. The first-order chi connectivity index (χ1) is 9.08. The molecule has 2 amide bonds. The first-order valence-corrected chi connectivity index (χ1v) is 7.21. The number of nitrogens with zero attached hydrogens (tertiary/aromatic N) is 2. The van der Waals surface area contributed by atoms with Crippen molar-refractivity contribution in [2.45, 2.75) is 19.4 Å². The number of thiophene rings is 1. The number of carbonyl (C=O) groups excluding carboxylic acids is 1. The number of carboxylic acids is 1. The summed E-state index contributed by atoms with van der Waals surface area (Å²) >= 11 is 1.63. The molecule has 1 aromatic heterocycles. The van der Waals surface area contributed by atoms with Crippen molar-refractivity contribution in [1.29, 1.82) is 0 Å². The van der Waals surface area contributed by atoms with Gasteiger partial charge in [-0.05, 0) is 24.3 Å². The van der Waals surface area contributed by atoms with Crippen LogP contribution in [0, 0.1) is 5.92 Å². The fourth-order valence-corrected chi connectivity index (χ4v) is 3.02. The van der Waals surface area contributed by atoms with Crippen LogP contribution in [-0.2, 0) is 11.3 Å². The lowest BCUT2D eigenvalue weighted by molar-refractivity contribution is -0.143. The molecule has 19 heavy (non-hydrogen) atoms. The number of hydrogen-bond acceptors (Lipinski definition) is 3. The fraction of sp³-hybridized carbons (Fsp3) is 0.538. The number of likely N-dealkylation sites (tertiary alicyclic amines) is 1. The molecule has 0 radical (unpaired) electrons. The van der Waals surface area contributed by atoms with E-state index in [1.807, 2.05) is 17.5 Å². The van der Waals surface area contributed by atoms with E-state index in [4.69, 9.17) is 5.11 Å². The van der Waals surface area contributed by atoms with Crippen molar-refractivity contribution in [2.75, 3.05) is 20.1 Å². The third kappa shape index (κ3) is 3.47. The maximum Gasteiger partial charge on any atom is 0.320 e. The Balaban J connectivity index is 1.85. The summed E-state index contributed by atoms with van der Waals surface area (Å²) in [5.41, 5.74) is 0. The molecule has 2 heterocycles. The van der Waals surface area contributed by atoms with Crippen LogP contribution in [0.5, 0.6) is 0 Å². The Kier molecular flexibility index (Phi) is 4.42. The van der Waals surface area contributed by atoms with E-state index in [2.05, 4.69) is 0 Å². The smallest absolute Gasteiger partial charge is 0.320 e. The zero-order chi connectivity index (χ0) is 13.8. The summed E-state index contributed by atoms with van der Waals surface area (Å²) in [6.45, 7) is 1.67. The highest BCUT2D eigenvalue weighted by Gasteiger charge is 2.28. The van der Waals surface area contributed by atoms with Gasteiger partial charge in [-0.15, -0.1) is 11.3 Å². The molecule has 1 saturated heterocycles. The zero-order valence-electron chi connectivity index (χ0n) is 10.9. The lowest BCUT2D eigenvalue weighted by Gasteiger charge is -2.33. The monoisotopic (exact) mass is 282 g/mol. The van der Waals surface area contributed by atoms with Gasteiger partial charge in [-0.1, -0.05) is 6.07 Å². The second-order valence-electron chi connectivity index (χ2n) is 4.82. The Labute approximate surface area is 116 Å². The average molecular weight is 282 g/mol. The van der Waals surface area contributed by atoms with Crippen LogP contribution in [0.1, 0.15) is 17.7 Å². The van der Waals surface area contributed by atoms with Crippen molar-refractivity contribution in [3.05, 3.63) is 22.4 Å². The van der Waals surface area contributed by atoms with Gasteiger partial charge in [-0.3, -0.25) is 4.79 Å². The highest BCUT2D eigenvalue weighted by molar-refractivity contribution is 7.09. The van der Waals surface area contributed by atoms with Crippen molar-refractivity contribution in [3.8, 4) is 0 Å². The number of piperidine rings is 1. The van der Waals surface area contributed by atoms with Gasteiger partial charge >= 0.3 is 12.0 Å². The second kappa shape index (κ2) is 6.06. The molecular weight excluding hydrogens is 264 g/mol. The highest BCUT2D eigenvalue weighted by atomic mass is 32.1. The van der Waals surface area contributed by atoms with Gasteiger partial charge in [-0.25, -0.2) is 4.79 Å². The van der Waals surface area contributed by atoms with Crippen molar-refractivity contribution in [2.24, 2.45) is 5.92 Å².